The molecular formula is C54H32N2. The molecule has 0 unspecified atom stereocenters. The minimum atomic E-state index is 0.913. The van der Waals surface area contributed by atoms with Gasteiger partial charge in [-0.25, -0.2) is 9.97 Å². The third kappa shape index (κ3) is 4.57. The van der Waals surface area contributed by atoms with Crippen molar-refractivity contribution in [3.05, 3.63) is 194 Å². The van der Waals surface area contributed by atoms with Crippen LogP contribution in [0.4, 0.5) is 0 Å². The highest BCUT2D eigenvalue weighted by Gasteiger charge is 2.23. The van der Waals surface area contributed by atoms with Crippen LogP contribution < -0.4 is 0 Å². The Morgan fingerprint density at radius 2 is 0.732 bits per heavy atom. The van der Waals surface area contributed by atoms with Crippen LogP contribution in [0.5, 0.6) is 0 Å². The van der Waals surface area contributed by atoms with Crippen LogP contribution >= 0.6 is 0 Å². The minimum Gasteiger partial charge on any atom is -0.245 e. The summed E-state index contributed by atoms with van der Waals surface area (Å²) in [6.45, 7) is 0. The van der Waals surface area contributed by atoms with Gasteiger partial charge in [0.1, 0.15) is 0 Å². The smallest absolute Gasteiger partial charge is 0.0972 e. The van der Waals surface area contributed by atoms with E-state index in [0.717, 1.165) is 44.3 Å². The van der Waals surface area contributed by atoms with Gasteiger partial charge in [-0.3, -0.25) is 0 Å². The molecule has 0 fully saturated rings. The van der Waals surface area contributed by atoms with Gasteiger partial charge in [-0.05, 0) is 95.0 Å². The summed E-state index contributed by atoms with van der Waals surface area (Å²) < 4.78 is 0. The van der Waals surface area contributed by atoms with Gasteiger partial charge in [0.05, 0.1) is 22.4 Å². The predicted octanol–water partition coefficient (Wildman–Crippen LogP) is 14.6. The van der Waals surface area contributed by atoms with E-state index in [4.69, 9.17) is 9.97 Å². The van der Waals surface area contributed by atoms with Crippen LogP contribution in [0, 0.1) is 0 Å². The Hall–Kier alpha value is -7.42. The molecule has 1 aliphatic rings. The standard InChI is InChI=1S/C54H32N2/c1-2-12-33(13-3-1)48-30-26-34-24-25-35-27-31-49(56-54(35)53(34)55-48)52-45-20-8-6-18-43(45)50(44-19-7-9-21-46(44)52)37-15-10-14-36(32-37)38-28-29-47-40-17-5-4-16-39(40)42-23-11-22-41(38)51(42)47/h1-32H. The van der Waals surface area contributed by atoms with E-state index in [0.29, 0.717) is 0 Å². The number of pyridine rings is 2. The summed E-state index contributed by atoms with van der Waals surface area (Å²) in [5.74, 6) is 0. The molecule has 2 nitrogen and oxygen atoms in total. The number of rotatable bonds is 4. The Morgan fingerprint density at radius 3 is 1.43 bits per heavy atom. The monoisotopic (exact) mass is 708 g/mol. The fourth-order valence-corrected chi connectivity index (χ4v) is 9.29. The van der Waals surface area contributed by atoms with Gasteiger partial charge in [-0.1, -0.05) is 176 Å². The van der Waals surface area contributed by atoms with Crippen molar-refractivity contribution < 1.29 is 0 Å². The fourth-order valence-electron chi connectivity index (χ4n) is 9.29. The summed E-state index contributed by atoms with van der Waals surface area (Å²) in [4.78, 5) is 10.7. The summed E-state index contributed by atoms with van der Waals surface area (Å²) >= 11 is 0. The molecule has 2 heterocycles. The number of benzene rings is 9. The maximum absolute atomic E-state index is 5.47. The second-order valence-electron chi connectivity index (χ2n) is 14.8. The molecule has 0 radical (unpaired) electrons. The van der Waals surface area contributed by atoms with E-state index in [1.807, 2.05) is 6.07 Å². The summed E-state index contributed by atoms with van der Waals surface area (Å²) in [5.41, 5.74) is 16.1. The van der Waals surface area contributed by atoms with Gasteiger partial charge in [0.15, 0.2) is 0 Å². The first-order chi connectivity index (χ1) is 27.8. The minimum absolute atomic E-state index is 0.913. The third-order valence-corrected chi connectivity index (χ3v) is 11.8. The Balaban J connectivity index is 1.06. The van der Waals surface area contributed by atoms with Crippen molar-refractivity contribution in [3.63, 3.8) is 0 Å². The van der Waals surface area contributed by atoms with Crippen LogP contribution in [0.3, 0.4) is 0 Å². The van der Waals surface area contributed by atoms with Crippen LogP contribution in [0.2, 0.25) is 0 Å². The number of fused-ring (bicyclic) bond motifs is 8. The topological polar surface area (TPSA) is 25.8 Å². The largest absolute Gasteiger partial charge is 0.245 e. The molecule has 12 rings (SSSR count). The van der Waals surface area contributed by atoms with E-state index in [1.165, 1.54) is 76.8 Å². The zero-order valence-corrected chi connectivity index (χ0v) is 30.4. The van der Waals surface area contributed by atoms with Gasteiger partial charge >= 0.3 is 0 Å². The number of hydrogen-bond donors (Lipinski definition) is 0. The normalized spacial score (nSPS) is 11.9. The van der Waals surface area contributed by atoms with Gasteiger partial charge in [0.25, 0.3) is 0 Å². The van der Waals surface area contributed by atoms with Gasteiger partial charge in [0.2, 0.25) is 0 Å². The maximum atomic E-state index is 5.47. The first-order valence-corrected chi connectivity index (χ1v) is 19.2. The Kier molecular flexibility index (Phi) is 6.66. The van der Waals surface area contributed by atoms with Crippen LogP contribution in [0.15, 0.2) is 194 Å². The summed E-state index contributed by atoms with van der Waals surface area (Å²) in [6, 6.07) is 70.3. The van der Waals surface area contributed by atoms with Crippen LogP contribution in [-0.4, -0.2) is 9.97 Å². The van der Waals surface area contributed by atoms with Gasteiger partial charge in [-0.15, -0.1) is 0 Å². The number of nitrogens with zero attached hydrogens (tertiary/aromatic N) is 2. The van der Waals surface area contributed by atoms with E-state index < -0.39 is 0 Å². The quantitative estimate of drug-likeness (QED) is 0.134. The highest BCUT2D eigenvalue weighted by atomic mass is 14.8. The molecule has 0 saturated heterocycles. The van der Waals surface area contributed by atoms with Crippen molar-refractivity contribution in [1.82, 2.24) is 9.97 Å². The first-order valence-electron chi connectivity index (χ1n) is 19.2. The van der Waals surface area contributed by atoms with Crippen molar-refractivity contribution in [2.75, 3.05) is 0 Å². The number of aromatic nitrogens is 2. The third-order valence-electron chi connectivity index (χ3n) is 11.8. The highest BCUT2D eigenvalue weighted by Crippen LogP contribution is 2.50. The molecule has 0 N–H and O–H groups in total. The Morgan fingerprint density at radius 1 is 0.268 bits per heavy atom. The fraction of sp³-hybridized carbons (Fsp3) is 0. The average Bonchev–Trinajstić information content (AvgIpc) is 3.60. The Bertz CT molecular complexity index is 3330. The van der Waals surface area contributed by atoms with Gasteiger partial charge < -0.3 is 0 Å². The van der Waals surface area contributed by atoms with Crippen molar-refractivity contribution >= 4 is 54.1 Å². The lowest BCUT2D eigenvalue weighted by Gasteiger charge is -2.18. The van der Waals surface area contributed by atoms with E-state index >= 15 is 0 Å². The highest BCUT2D eigenvalue weighted by molar-refractivity contribution is 6.22. The van der Waals surface area contributed by atoms with E-state index in [-0.39, 0.29) is 0 Å². The molecule has 11 aromatic rings. The van der Waals surface area contributed by atoms with Crippen molar-refractivity contribution in [2.24, 2.45) is 0 Å². The predicted molar refractivity (Wildman–Crippen MR) is 236 cm³/mol. The molecular weight excluding hydrogens is 677 g/mol. The lowest BCUT2D eigenvalue weighted by Crippen LogP contribution is -1.94. The van der Waals surface area contributed by atoms with E-state index in [9.17, 15) is 0 Å². The molecule has 0 atom stereocenters. The molecule has 0 aliphatic heterocycles. The van der Waals surface area contributed by atoms with E-state index in [1.54, 1.807) is 0 Å². The van der Waals surface area contributed by atoms with Crippen molar-refractivity contribution in [1.29, 1.82) is 0 Å². The average molecular weight is 709 g/mol. The lowest BCUT2D eigenvalue weighted by molar-refractivity contribution is 1.37. The molecule has 0 spiro atoms. The van der Waals surface area contributed by atoms with Gasteiger partial charge in [0, 0.05) is 21.9 Å². The van der Waals surface area contributed by atoms with Gasteiger partial charge in [-0.2, -0.15) is 0 Å². The molecule has 2 aromatic heterocycles. The SMILES string of the molecule is c1ccc(-c2ccc3ccc4ccc(-c5c6ccccc6c(-c6cccc(-c7ccc8c9c(cccc79)-c7ccccc7-8)c6)c6ccccc56)nc4c3n2)cc1. The summed E-state index contributed by atoms with van der Waals surface area (Å²) in [6.07, 6.45) is 0. The molecule has 258 valence electrons. The molecule has 0 bridgehead atoms. The molecule has 0 amide bonds. The molecule has 0 saturated carbocycles. The molecule has 2 heteroatoms. The second-order valence-corrected chi connectivity index (χ2v) is 14.8. The van der Waals surface area contributed by atoms with Crippen molar-refractivity contribution in [3.8, 4) is 67.0 Å². The molecule has 9 aromatic carbocycles. The zero-order valence-electron chi connectivity index (χ0n) is 30.4. The lowest BCUT2D eigenvalue weighted by atomic mass is 9.86. The van der Waals surface area contributed by atoms with Crippen LogP contribution in [0.1, 0.15) is 0 Å². The molecule has 56 heavy (non-hydrogen) atoms. The molecule has 1 aliphatic carbocycles. The number of hydrogen-bond acceptors (Lipinski definition) is 2. The van der Waals surface area contributed by atoms with E-state index in [2.05, 4.69) is 188 Å². The summed E-state index contributed by atoms with van der Waals surface area (Å²) in [5, 5.41) is 9.57. The first kappa shape index (κ1) is 31.0. The Labute approximate surface area is 324 Å². The van der Waals surface area contributed by atoms with Crippen LogP contribution in [0.25, 0.3) is 121 Å². The maximum Gasteiger partial charge on any atom is 0.0972 e. The second kappa shape index (κ2) is 12.0. The summed E-state index contributed by atoms with van der Waals surface area (Å²) in [7, 11) is 0. The zero-order chi connectivity index (χ0) is 36.7. The van der Waals surface area contributed by atoms with Crippen molar-refractivity contribution in [2.45, 2.75) is 0 Å². The van der Waals surface area contributed by atoms with Crippen LogP contribution in [-0.2, 0) is 0 Å².